The Kier molecular flexibility index (Phi) is 6.71. The maximum Gasteiger partial charge on any atom is 0.353 e. The van der Waals surface area contributed by atoms with E-state index >= 15 is 0 Å². The fourth-order valence-corrected chi connectivity index (χ4v) is 3.12. The highest BCUT2D eigenvalue weighted by Crippen LogP contribution is 2.17. The molecule has 0 spiro atoms. The normalized spacial score (nSPS) is 10.6. The molecule has 2 aromatic carbocycles. The van der Waals surface area contributed by atoms with Crippen LogP contribution in [0.15, 0.2) is 65.1 Å². The summed E-state index contributed by atoms with van der Waals surface area (Å²) in [5.41, 5.74) is 5.33. The Morgan fingerprint density at radius 3 is 2.43 bits per heavy atom. The lowest BCUT2D eigenvalue weighted by Crippen LogP contribution is -2.32. The van der Waals surface area contributed by atoms with Crippen LogP contribution in [0.1, 0.15) is 26.4 Å². The molecule has 0 saturated heterocycles. The van der Waals surface area contributed by atoms with Gasteiger partial charge in [-0.1, -0.05) is 23.8 Å². The number of hydrogen-bond acceptors (Lipinski definition) is 6. The van der Waals surface area contributed by atoms with Crippen molar-refractivity contribution in [2.24, 2.45) is 5.10 Å². The number of rotatable bonds is 5. The van der Waals surface area contributed by atoms with Crippen LogP contribution in [0, 0.1) is 13.8 Å². The van der Waals surface area contributed by atoms with Crippen molar-refractivity contribution in [2.75, 3.05) is 5.32 Å². The first-order valence-corrected chi connectivity index (χ1v) is 9.88. The lowest BCUT2D eigenvalue weighted by molar-refractivity contribution is -0.136. The number of hydrazone groups is 1. The number of nitrogens with zero attached hydrogens (tertiary/aromatic N) is 1. The van der Waals surface area contributed by atoms with E-state index in [0.717, 1.165) is 11.1 Å². The Bertz CT molecular complexity index is 1090. The monoisotopic (exact) mass is 421 g/mol. The molecule has 2 amide bonds. The summed E-state index contributed by atoms with van der Waals surface area (Å²) >= 11 is 1.30. The number of anilines is 1. The average Bonchev–Trinajstić information content (AvgIpc) is 3.26. The van der Waals surface area contributed by atoms with Crippen molar-refractivity contribution < 1.29 is 19.1 Å². The molecule has 0 saturated carbocycles. The topological polar surface area (TPSA) is 96.9 Å². The van der Waals surface area contributed by atoms with E-state index in [1.165, 1.54) is 17.6 Å². The van der Waals surface area contributed by atoms with Crippen LogP contribution >= 0.6 is 11.3 Å². The summed E-state index contributed by atoms with van der Waals surface area (Å²) in [4.78, 5) is 36.3. The summed E-state index contributed by atoms with van der Waals surface area (Å²) in [7, 11) is 0. The quantitative estimate of drug-likeness (QED) is 0.216. The van der Waals surface area contributed by atoms with Crippen molar-refractivity contribution in [1.29, 1.82) is 0 Å². The molecule has 7 nitrogen and oxygen atoms in total. The minimum atomic E-state index is -0.882. The summed E-state index contributed by atoms with van der Waals surface area (Å²) in [6.07, 6.45) is 1.38. The highest BCUT2D eigenvalue weighted by molar-refractivity contribution is 7.12. The molecule has 0 fully saturated rings. The molecule has 0 atom stereocenters. The van der Waals surface area contributed by atoms with Gasteiger partial charge in [-0.05, 0) is 66.8 Å². The second-order valence-electron chi connectivity index (χ2n) is 6.41. The van der Waals surface area contributed by atoms with Gasteiger partial charge >= 0.3 is 17.8 Å². The number of thiophene rings is 1. The number of esters is 1. The maximum absolute atomic E-state index is 12.0. The number of benzene rings is 2. The van der Waals surface area contributed by atoms with Gasteiger partial charge in [0.1, 0.15) is 10.6 Å². The fraction of sp³-hybridized carbons (Fsp3) is 0.0909. The van der Waals surface area contributed by atoms with Gasteiger partial charge in [0.15, 0.2) is 0 Å². The van der Waals surface area contributed by atoms with Crippen LogP contribution in [0.2, 0.25) is 0 Å². The number of aryl methyl sites for hydroxylation is 2. The van der Waals surface area contributed by atoms with Crippen LogP contribution in [0.25, 0.3) is 0 Å². The Morgan fingerprint density at radius 1 is 1.00 bits per heavy atom. The van der Waals surface area contributed by atoms with Crippen molar-refractivity contribution in [1.82, 2.24) is 5.43 Å². The van der Waals surface area contributed by atoms with E-state index in [9.17, 15) is 14.4 Å². The van der Waals surface area contributed by atoms with Crippen LogP contribution in [-0.2, 0) is 9.59 Å². The molecule has 3 rings (SSSR count). The zero-order chi connectivity index (χ0) is 21.5. The number of carbonyl (C=O) groups excluding carboxylic acids is 3. The molecule has 2 N–H and O–H groups in total. The molecular weight excluding hydrogens is 402 g/mol. The van der Waals surface area contributed by atoms with E-state index in [1.54, 1.807) is 47.8 Å². The van der Waals surface area contributed by atoms with Gasteiger partial charge in [-0.15, -0.1) is 11.3 Å². The zero-order valence-electron chi connectivity index (χ0n) is 16.3. The molecule has 0 radical (unpaired) electrons. The predicted octanol–water partition coefficient (Wildman–Crippen LogP) is 3.67. The van der Waals surface area contributed by atoms with Gasteiger partial charge in [0.05, 0.1) is 6.21 Å². The SMILES string of the molecule is Cc1ccc(NC(=O)C(=O)NN=Cc2ccc(OC(=O)c3cccs3)cc2)c(C)c1. The summed E-state index contributed by atoms with van der Waals surface area (Å²) in [5, 5.41) is 8.13. The lowest BCUT2D eigenvalue weighted by Gasteiger charge is -2.08. The van der Waals surface area contributed by atoms with Crippen molar-refractivity contribution in [2.45, 2.75) is 13.8 Å². The van der Waals surface area contributed by atoms with E-state index in [0.29, 0.717) is 21.9 Å². The third-order valence-corrected chi connectivity index (χ3v) is 4.88. The van der Waals surface area contributed by atoms with Gasteiger partial charge in [-0.25, -0.2) is 10.2 Å². The van der Waals surface area contributed by atoms with Crippen LogP contribution in [0.5, 0.6) is 5.75 Å². The lowest BCUT2D eigenvalue weighted by atomic mass is 10.1. The Morgan fingerprint density at radius 2 is 1.77 bits per heavy atom. The molecule has 0 bridgehead atoms. The average molecular weight is 421 g/mol. The summed E-state index contributed by atoms with van der Waals surface area (Å²) < 4.78 is 5.27. The molecular formula is C22H19N3O4S. The van der Waals surface area contributed by atoms with Crippen molar-refractivity contribution in [3.8, 4) is 5.75 Å². The molecule has 0 aliphatic carbocycles. The van der Waals surface area contributed by atoms with Gasteiger partial charge in [0.25, 0.3) is 0 Å². The number of ether oxygens (including phenoxy) is 1. The Balaban J connectivity index is 1.51. The minimum Gasteiger partial charge on any atom is -0.422 e. The molecule has 30 heavy (non-hydrogen) atoms. The van der Waals surface area contributed by atoms with Gasteiger partial charge in [-0.2, -0.15) is 5.10 Å². The van der Waals surface area contributed by atoms with Crippen LogP contribution < -0.4 is 15.5 Å². The largest absolute Gasteiger partial charge is 0.422 e. The predicted molar refractivity (Wildman–Crippen MR) is 116 cm³/mol. The second kappa shape index (κ2) is 9.62. The molecule has 152 valence electrons. The molecule has 0 aliphatic heterocycles. The van der Waals surface area contributed by atoms with Gasteiger partial charge in [0, 0.05) is 5.69 Å². The first kappa shape index (κ1) is 20.9. The molecule has 3 aromatic rings. The molecule has 1 aromatic heterocycles. The Labute approximate surface area is 177 Å². The van der Waals surface area contributed by atoms with Crippen molar-refractivity contribution in [3.63, 3.8) is 0 Å². The van der Waals surface area contributed by atoms with Crippen molar-refractivity contribution in [3.05, 3.63) is 81.5 Å². The zero-order valence-corrected chi connectivity index (χ0v) is 17.2. The second-order valence-corrected chi connectivity index (χ2v) is 7.36. The van der Waals surface area contributed by atoms with E-state index in [-0.39, 0.29) is 0 Å². The third kappa shape index (κ3) is 5.62. The van der Waals surface area contributed by atoms with Crippen LogP contribution in [0.4, 0.5) is 5.69 Å². The van der Waals surface area contributed by atoms with Gasteiger partial charge in [-0.3, -0.25) is 9.59 Å². The van der Waals surface area contributed by atoms with Crippen LogP contribution in [-0.4, -0.2) is 24.0 Å². The van der Waals surface area contributed by atoms with Gasteiger partial charge in [0.2, 0.25) is 0 Å². The number of amides is 2. The fourth-order valence-electron chi connectivity index (χ4n) is 2.52. The maximum atomic E-state index is 12.0. The minimum absolute atomic E-state index is 0.391. The third-order valence-electron chi connectivity index (χ3n) is 4.03. The first-order chi connectivity index (χ1) is 14.4. The Hall–Kier alpha value is -3.78. The number of carbonyl (C=O) groups is 3. The van der Waals surface area contributed by atoms with Crippen molar-refractivity contribution >= 4 is 41.0 Å². The number of nitrogens with one attached hydrogen (secondary N) is 2. The smallest absolute Gasteiger partial charge is 0.353 e. The van der Waals surface area contributed by atoms with Crippen LogP contribution in [0.3, 0.4) is 0 Å². The van der Waals surface area contributed by atoms with E-state index < -0.39 is 17.8 Å². The highest BCUT2D eigenvalue weighted by Gasteiger charge is 2.14. The van der Waals surface area contributed by atoms with Gasteiger partial charge < -0.3 is 10.1 Å². The molecule has 0 unspecified atom stereocenters. The highest BCUT2D eigenvalue weighted by atomic mass is 32.1. The molecule has 1 heterocycles. The molecule has 0 aliphatic rings. The van der Waals surface area contributed by atoms with E-state index in [1.807, 2.05) is 26.0 Å². The number of hydrogen-bond donors (Lipinski definition) is 2. The summed E-state index contributed by atoms with van der Waals surface area (Å²) in [6.45, 7) is 3.79. The first-order valence-electron chi connectivity index (χ1n) is 9.00. The summed E-state index contributed by atoms with van der Waals surface area (Å²) in [6, 6.07) is 15.5. The standard InChI is InChI=1S/C22H19N3O4S/c1-14-5-10-18(15(2)12-14)24-20(26)21(27)25-23-13-16-6-8-17(9-7-16)29-22(28)19-4-3-11-30-19/h3-13H,1-2H3,(H,24,26)(H,25,27). The van der Waals surface area contributed by atoms with E-state index in [2.05, 4.69) is 15.8 Å². The van der Waals surface area contributed by atoms with E-state index in [4.69, 9.17) is 4.74 Å². The summed E-state index contributed by atoms with van der Waals surface area (Å²) in [5.74, 6) is -1.72. The molecule has 8 heteroatoms.